The molecule has 0 saturated carbocycles. The number of carbonyl (C=O) groups is 1. The van der Waals surface area contributed by atoms with Crippen molar-refractivity contribution in [2.24, 2.45) is 5.73 Å². The van der Waals surface area contributed by atoms with E-state index in [2.05, 4.69) is 22.8 Å². The lowest BCUT2D eigenvalue weighted by Gasteiger charge is -2.17. The van der Waals surface area contributed by atoms with Gasteiger partial charge in [-0.1, -0.05) is 12.8 Å². The van der Waals surface area contributed by atoms with Gasteiger partial charge in [-0.25, -0.2) is 9.10 Å². The second-order valence-corrected chi connectivity index (χ2v) is 3.20. The van der Waals surface area contributed by atoms with E-state index in [0.717, 1.165) is 4.31 Å². The first kappa shape index (κ1) is 12.4. The zero-order chi connectivity index (χ0) is 12.3. The van der Waals surface area contributed by atoms with E-state index in [1.54, 1.807) is 6.92 Å². The molecule has 0 radical (unpaired) electrons. The molecule has 0 spiro atoms. The standard InChI is InChI=1S/C8H12N4O3S/c1-4-5(12(16)7(9)13)6(14-2)11-8(10-4)15-3/h16H,1-3H3,(H2,9,13). The van der Waals surface area contributed by atoms with Crippen LogP contribution < -0.4 is 19.5 Å². The van der Waals surface area contributed by atoms with Crippen LogP contribution in [0.2, 0.25) is 0 Å². The molecule has 2 N–H and O–H groups in total. The Morgan fingerprint density at radius 3 is 2.44 bits per heavy atom. The van der Waals surface area contributed by atoms with Crippen LogP contribution in [0.25, 0.3) is 0 Å². The topological polar surface area (TPSA) is 90.6 Å². The number of urea groups is 1. The lowest BCUT2D eigenvalue weighted by molar-refractivity contribution is 0.257. The summed E-state index contributed by atoms with van der Waals surface area (Å²) < 4.78 is 10.8. The number of hydrogen-bond donors (Lipinski definition) is 2. The number of aryl methyl sites for hydroxylation is 1. The van der Waals surface area contributed by atoms with E-state index >= 15 is 0 Å². The number of primary amides is 1. The highest BCUT2D eigenvalue weighted by molar-refractivity contribution is 7.82. The van der Waals surface area contributed by atoms with Crippen molar-refractivity contribution in [1.82, 2.24) is 9.97 Å². The van der Waals surface area contributed by atoms with Gasteiger partial charge < -0.3 is 15.2 Å². The normalized spacial score (nSPS) is 9.75. The highest BCUT2D eigenvalue weighted by Gasteiger charge is 2.20. The maximum absolute atomic E-state index is 11.0. The van der Waals surface area contributed by atoms with Crippen LogP contribution in [0.15, 0.2) is 0 Å². The summed E-state index contributed by atoms with van der Waals surface area (Å²) in [7, 11) is 2.84. The summed E-state index contributed by atoms with van der Waals surface area (Å²) >= 11 is 3.93. The largest absolute Gasteiger partial charge is 0.479 e. The van der Waals surface area contributed by atoms with Crippen LogP contribution in [-0.2, 0) is 0 Å². The Bertz CT molecular complexity index is 413. The number of anilines is 1. The average molecular weight is 244 g/mol. The molecule has 0 aliphatic carbocycles. The molecular weight excluding hydrogens is 232 g/mol. The predicted molar refractivity (Wildman–Crippen MR) is 60.9 cm³/mol. The zero-order valence-corrected chi connectivity index (χ0v) is 9.99. The molecule has 0 aliphatic rings. The first-order valence-electron chi connectivity index (χ1n) is 4.26. The van der Waals surface area contributed by atoms with Gasteiger partial charge in [0.05, 0.1) is 19.9 Å². The predicted octanol–water partition coefficient (Wildman–Crippen LogP) is 0.532. The van der Waals surface area contributed by atoms with Crippen molar-refractivity contribution < 1.29 is 14.3 Å². The fraction of sp³-hybridized carbons (Fsp3) is 0.375. The smallest absolute Gasteiger partial charge is 0.329 e. The molecule has 0 unspecified atom stereocenters. The number of rotatable bonds is 3. The first-order chi connectivity index (χ1) is 7.51. The van der Waals surface area contributed by atoms with Gasteiger partial charge in [-0.05, 0) is 6.92 Å². The van der Waals surface area contributed by atoms with Crippen molar-refractivity contribution in [2.75, 3.05) is 18.5 Å². The Kier molecular flexibility index (Phi) is 3.78. The van der Waals surface area contributed by atoms with Crippen molar-refractivity contribution in [3.63, 3.8) is 0 Å². The number of amides is 2. The Morgan fingerprint density at radius 1 is 1.38 bits per heavy atom. The summed E-state index contributed by atoms with van der Waals surface area (Å²) in [6.45, 7) is 1.66. The van der Waals surface area contributed by atoms with Crippen molar-refractivity contribution in [3.8, 4) is 11.9 Å². The van der Waals surface area contributed by atoms with Crippen molar-refractivity contribution in [1.29, 1.82) is 0 Å². The number of nitrogens with zero attached hydrogens (tertiary/aromatic N) is 3. The lowest BCUT2D eigenvalue weighted by Crippen LogP contribution is -2.28. The second kappa shape index (κ2) is 4.88. The van der Waals surface area contributed by atoms with Crippen LogP contribution in [0.4, 0.5) is 10.5 Å². The van der Waals surface area contributed by atoms with Gasteiger partial charge in [0.1, 0.15) is 5.69 Å². The highest BCUT2D eigenvalue weighted by atomic mass is 32.1. The quantitative estimate of drug-likeness (QED) is 0.757. The maximum Gasteiger partial charge on any atom is 0.329 e. The Labute approximate surface area is 98.1 Å². The molecule has 0 saturated heterocycles. The van der Waals surface area contributed by atoms with E-state index in [1.807, 2.05) is 0 Å². The fourth-order valence-electron chi connectivity index (χ4n) is 1.10. The Morgan fingerprint density at radius 2 is 2.00 bits per heavy atom. The number of nitrogens with two attached hydrogens (primary N) is 1. The van der Waals surface area contributed by atoms with Crippen LogP contribution >= 0.6 is 12.8 Å². The third-order valence-corrected chi connectivity index (χ3v) is 2.20. The van der Waals surface area contributed by atoms with Gasteiger partial charge in [-0.3, -0.25) is 0 Å². The van der Waals surface area contributed by atoms with Crippen LogP contribution in [-0.4, -0.2) is 30.2 Å². The lowest BCUT2D eigenvalue weighted by atomic mass is 10.3. The van der Waals surface area contributed by atoms with Gasteiger partial charge in [-0.2, -0.15) is 9.97 Å². The minimum Gasteiger partial charge on any atom is -0.479 e. The summed E-state index contributed by atoms with van der Waals surface area (Å²) in [6, 6.07) is -0.609. The SMILES string of the molecule is COc1nc(C)c(N(S)C(N)=O)c(OC)n1. The van der Waals surface area contributed by atoms with E-state index in [0.29, 0.717) is 11.4 Å². The van der Waals surface area contributed by atoms with E-state index in [4.69, 9.17) is 15.2 Å². The summed E-state index contributed by atoms with van der Waals surface area (Å²) in [4.78, 5) is 18.9. The summed E-state index contributed by atoms with van der Waals surface area (Å²) in [5, 5.41) is 0. The fourth-order valence-corrected chi connectivity index (χ4v) is 1.33. The van der Waals surface area contributed by atoms with Crippen molar-refractivity contribution >= 4 is 24.5 Å². The molecule has 0 fully saturated rings. The molecule has 88 valence electrons. The van der Waals surface area contributed by atoms with Gasteiger partial charge in [0.25, 0.3) is 0 Å². The number of ether oxygens (including phenoxy) is 2. The molecule has 0 bridgehead atoms. The third kappa shape index (κ3) is 2.27. The molecule has 0 aromatic carbocycles. The van der Waals surface area contributed by atoms with Gasteiger partial charge in [0.2, 0.25) is 5.88 Å². The molecule has 16 heavy (non-hydrogen) atoms. The molecule has 8 heteroatoms. The van der Waals surface area contributed by atoms with Crippen LogP contribution in [0.1, 0.15) is 5.69 Å². The summed E-state index contributed by atoms with van der Waals surface area (Å²) in [5.41, 5.74) is 5.86. The number of carbonyl (C=O) groups excluding carboxylic acids is 1. The minimum atomic E-state index is -0.751. The first-order valence-corrected chi connectivity index (χ1v) is 4.66. The van der Waals surface area contributed by atoms with Crippen LogP contribution in [0, 0.1) is 6.92 Å². The van der Waals surface area contributed by atoms with Crippen LogP contribution in [0.3, 0.4) is 0 Å². The van der Waals surface area contributed by atoms with Gasteiger partial charge in [-0.15, -0.1) is 0 Å². The molecule has 1 aromatic rings. The average Bonchev–Trinajstić information content (AvgIpc) is 2.26. The Balaban J connectivity index is 3.31. The summed E-state index contributed by atoms with van der Waals surface area (Å²) in [6.07, 6.45) is 0. The molecule has 1 rings (SSSR count). The minimum absolute atomic E-state index is 0.143. The summed E-state index contributed by atoms with van der Waals surface area (Å²) in [5.74, 6) is 0.165. The second-order valence-electron chi connectivity index (χ2n) is 2.80. The monoisotopic (exact) mass is 244 g/mol. The molecule has 1 heterocycles. The number of thiol groups is 1. The maximum atomic E-state index is 11.0. The molecular formula is C8H12N4O3S. The molecule has 2 amide bonds. The van der Waals surface area contributed by atoms with Gasteiger partial charge in [0.15, 0.2) is 0 Å². The molecule has 0 atom stereocenters. The van der Waals surface area contributed by atoms with E-state index in [1.165, 1.54) is 14.2 Å². The van der Waals surface area contributed by atoms with Crippen molar-refractivity contribution in [3.05, 3.63) is 5.69 Å². The van der Waals surface area contributed by atoms with Crippen LogP contribution in [0.5, 0.6) is 11.9 Å². The number of aromatic nitrogens is 2. The molecule has 0 aliphatic heterocycles. The molecule has 7 nitrogen and oxygen atoms in total. The highest BCUT2D eigenvalue weighted by Crippen LogP contribution is 2.31. The van der Waals surface area contributed by atoms with E-state index in [-0.39, 0.29) is 11.9 Å². The third-order valence-electron chi connectivity index (χ3n) is 1.80. The van der Waals surface area contributed by atoms with Crippen molar-refractivity contribution in [2.45, 2.75) is 6.92 Å². The van der Waals surface area contributed by atoms with Gasteiger partial charge >= 0.3 is 12.0 Å². The van der Waals surface area contributed by atoms with Gasteiger partial charge in [0, 0.05) is 0 Å². The Hall–Kier alpha value is -1.70. The van der Waals surface area contributed by atoms with E-state index in [9.17, 15) is 4.79 Å². The van der Waals surface area contributed by atoms with E-state index < -0.39 is 6.03 Å². The number of methoxy groups -OCH3 is 2. The molecule has 1 aromatic heterocycles. The number of hydrogen-bond acceptors (Lipinski definition) is 6. The zero-order valence-electron chi connectivity index (χ0n) is 9.09.